The third kappa shape index (κ3) is 3.47. The van der Waals surface area contributed by atoms with E-state index in [0.717, 1.165) is 29.9 Å². The second kappa shape index (κ2) is 6.20. The number of nitrogens with zero attached hydrogens (tertiary/aromatic N) is 1. The van der Waals surface area contributed by atoms with Crippen LogP contribution in [0.5, 0.6) is 0 Å². The summed E-state index contributed by atoms with van der Waals surface area (Å²) in [4.78, 5) is 25.7. The van der Waals surface area contributed by atoms with Crippen molar-refractivity contribution in [2.45, 2.75) is 26.7 Å². The van der Waals surface area contributed by atoms with Crippen molar-refractivity contribution < 1.29 is 14.3 Å². The highest BCUT2D eigenvalue weighted by Crippen LogP contribution is 2.27. The van der Waals surface area contributed by atoms with Crippen molar-refractivity contribution in [2.75, 3.05) is 36.5 Å². The van der Waals surface area contributed by atoms with Gasteiger partial charge in [-0.25, -0.2) is 4.79 Å². The van der Waals surface area contributed by atoms with E-state index in [2.05, 4.69) is 17.6 Å². The Morgan fingerprint density at radius 1 is 1.39 bits per heavy atom. The summed E-state index contributed by atoms with van der Waals surface area (Å²) in [5.41, 5.74) is 2.58. The van der Waals surface area contributed by atoms with Gasteiger partial charge in [0, 0.05) is 36.3 Å². The Kier molecular flexibility index (Phi) is 4.26. The van der Waals surface area contributed by atoms with Crippen LogP contribution in [0.1, 0.15) is 25.3 Å². The van der Waals surface area contributed by atoms with Gasteiger partial charge in [0.25, 0.3) is 0 Å². The number of benzene rings is 1. The number of hydrogen-bond acceptors (Lipinski definition) is 3. The Bertz CT molecular complexity index is 626. The van der Waals surface area contributed by atoms with Crippen LogP contribution in [0.2, 0.25) is 0 Å². The van der Waals surface area contributed by atoms with E-state index < -0.39 is 0 Å². The number of rotatable bonds is 4. The molecule has 0 atom stereocenters. The molecule has 0 saturated carbocycles. The summed E-state index contributed by atoms with van der Waals surface area (Å²) in [6.07, 6.45) is 1.48. The van der Waals surface area contributed by atoms with Gasteiger partial charge in [0.1, 0.15) is 0 Å². The van der Waals surface area contributed by atoms with Crippen LogP contribution in [0.25, 0.3) is 0 Å². The summed E-state index contributed by atoms with van der Waals surface area (Å²) in [5.74, 6) is 0.141. The van der Waals surface area contributed by atoms with Gasteiger partial charge < -0.3 is 20.3 Å². The number of anilines is 2. The molecular formula is C17H23N3O3. The first-order valence-corrected chi connectivity index (χ1v) is 8.00. The quantitative estimate of drug-likeness (QED) is 0.895. The molecule has 1 aromatic rings. The van der Waals surface area contributed by atoms with E-state index in [1.54, 1.807) is 4.90 Å². The number of ether oxygens (including phenoxy) is 1. The standard InChI is InChI=1S/C17H23N3O3/c1-12-5-6-13(20-7-3-4-15(20)21)8-14(12)19-16(22)18-9-17(2)10-23-11-17/h5-6,8H,3-4,7,9-11H2,1-2H3,(H2,18,19,22). The maximum atomic E-state index is 12.1. The Hall–Kier alpha value is -2.08. The molecule has 3 rings (SSSR count). The van der Waals surface area contributed by atoms with Crippen LogP contribution in [0, 0.1) is 12.3 Å². The zero-order valence-corrected chi connectivity index (χ0v) is 13.6. The molecule has 6 heteroatoms. The molecule has 2 aliphatic heterocycles. The van der Waals surface area contributed by atoms with Gasteiger partial charge in [-0.3, -0.25) is 4.79 Å². The highest BCUT2D eigenvalue weighted by molar-refractivity contribution is 5.97. The third-order valence-electron chi connectivity index (χ3n) is 4.43. The SMILES string of the molecule is Cc1ccc(N2CCCC2=O)cc1NC(=O)NCC1(C)COC1. The topological polar surface area (TPSA) is 70.7 Å². The molecule has 2 aliphatic rings. The van der Waals surface area contributed by atoms with Crippen LogP contribution in [-0.2, 0) is 9.53 Å². The van der Waals surface area contributed by atoms with Crippen LogP contribution in [0.4, 0.5) is 16.2 Å². The maximum Gasteiger partial charge on any atom is 0.319 e. The normalized spacial score (nSPS) is 19.4. The number of amides is 3. The molecule has 0 radical (unpaired) electrons. The lowest BCUT2D eigenvalue weighted by Gasteiger charge is -2.37. The number of aryl methyl sites for hydroxylation is 1. The first kappa shape index (κ1) is 15.8. The highest BCUT2D eigenvalue weighted by Gasteiger charge is 2.33. The first-order valence-electron chi connectivity index (χ1n) is 8.00. The van der Waals surface area contributed by atoms with Crippen molar-refractivity contribution in [3.8, 4) is 0 Å². The summed E-state index contributed by atoms with van der Waals surface area (Å²) in [6.45, 7) is 6.71. The van der Waals surface area contributed by atoms with E-state index in [9.17, 15) is 9.59 Å². The van der Waals surface area contributed by atoms with E-state index in [4.69, 9.17) is 4.74 Å². The Morgan fingerprint density at radius 2 is 2.17 bits per heavy atom. The van der Waals surface area contributed by atoms with Gasteiger partial charge in [-0.15, -0.1) is 0 Å². The van der Waals surface area contributed by atoms with Crippen molar-refractivity contribution >= 4 is 23.3 Å². The predicted octanol–water partition coefficient (Wildman–Crippen LogP) is 2.28. The average Bonchev–Trinajstić information content (AvgIpc) is 2.92. The molecule has 0 bridgehead atoms. The minimum Gasteiger partial charge on any atom is -0.380 e. The largest absolute Gasteiger partial charge is 0.380 e. The fraction of sp³-hybridized carbons (Fsp3) is 0.529. The van der Waals surface area contributed by atoms with Crippen LogP contribution in [0.3, 0.4) is 0 Å². The minimum atomic E-state index is -0.230. The molecule has 124 valence electrons. The molecular weight excluding hydrogens is 294 g/mol. The Labute approximate surface area is 136 Å². The summed E-state index contributed by atoms with van der Waals surface area (Å²) in [5, 5.41) is 5.77. The zero-order valence-electron chi connectivity index (χ0n) is 13.6. The van der Waals surface area contributed by atoms with Crippen molar-refractivity contribution in [1.82, 2.24) is 5.32 Å². The number of nitrogens with one attached hydrogen (secondary N) is 2. The van der Waals surface area contributed by atoms with Crippen molar-refractivity contribution in [2.24, 2.45) is 5.41 Å². The lowest BCUT2D eigenvalue weighted by Crippen LogP contribution is -2.49. The lowest BCUT2D eigenvalue weighted by atomic mass is 9.89. The second-order valence-corrected chi connectivity index (χ2v) is 6.76. The van der Waals surface area contributed by atoms with Gasteiger partial charge in [-0.1, -0.05) is 13.0 Å². The molecule has 0 aromatic heterocycles. The summed E-state index contributed by atoms with van der Waals surface area (Å²) < 4.78 is 5.18. The van der Waals surface area contributed by atoms with Crippen LogP contribution in [0.15, 0.2) is 18.2 Å². The van der Waals surface area contributed by atoms with E-state index in [0.29, 0.717) is 26.2 Å². The highest BCUT2D eigenvalue weighted by atomic mass is 16.5. The van der Waals surface area contributed by atoms with E-state index in [-0.39, 0.29) is 17.4 Å². The van der Waals surface area contributed by atoms with Gasteiger partial charge in [0.05, 0.1) is 13.2 Å². The minimum absolute atomic E-state index is 0.0379. The fourth-order valence-electron chi connectivity index (χ4n) is 2.85. The van der Waals surface area contributed by atoms with E-state index >= 15 is 0 Å². The van der Waals surface area contributed by atoms with Crippen molar-refractivity contribution in [3.05, 3.63) is 23.8 Å². The van der Waals surface area contributed by atoms with Crippen molar-refractivity contribution in [3.63, 3.8) is 0 Å². The number of carbonyl (C=O) groups excluding carboxylic acids is 2. The number of carbonyl (C=O) groups is 2. The molecule has 2 saturated heterocycles. The molecule has 0 aliphatic carbocycles. The maximum absolute atomic E-state index is 12.1. The van der Waals surface area contributed by atoms with Gasteiger partial charge >= 0.3 is 6.03 Å². The van der Waals surface area contributed by atoms with Gasteiger partial charge in [0.15, 0.2) is 0 Å². The Balaban J connectivity index is 1.64. The van der Waals surface area contributed by atoms with Gasteiger partial charge in [-0.05, 0) is 31.0 Å². The van der Waals surface area contributed by atoms with Crippen molar-refractivity contribution in [1.29, 1.82) is 0 Å². The number of urea groups is 1. The predicted molar refractivity (Wildman–Crippen MR) is 88.7 cm³/mol. The molecule has 2 heterocycles. The summed E-state index contributed by atoms with van der Waals surface area (Å²) in [6, 6.07) is 5.49. The monoisotopic (exact) mass is 317 g/mol. The van der Waals surface area contributed by atoms with Crippen LogP contribution < -0.4 is 15.5 Å². The van der Waals surface area contributed by atoms with Crippen LogP contribution >= 0.6 is 0 Å². The van der Waals surface area contributed by atoms with E-state index in [1.807, 2.05) is 25.1 Å². The molecule has 1 aromatic carbocycles. The molecule has 3 amide bonds. The summed E-state index contributed by atoms with van der Waals surface area (Å²) >= 11 is 0. The fourth-order valence-corrected chi connectivity index (χ4v) is 2.85. The lowest BCUT2D eigenvalue weighted by molar-refractivity contribution is -0.117. The molecule has 2 fully saturated rings. The Morgan fingerprint density at radius 3 is 2.78 bits per heavy atom. The molecule has 23 heavy (non-hydrogen) atoms. The molecule has 2 N–H and O–H groups in total. The number of hydrogen-bond donors (Lipinski definition) is 2. The average molecular weight is 317 g/mol. The first-order chi connectivity index (χ1) is 11.0. The van der Waals surface area contributed by atoms with Gasteiger partial charge in [0.2, 0.25) is 5.91 Å². The summed E-state index contributed by atoms with van der Waals surface area (Å²) in [7, 11) is 0. The molecule has 6 nitrogen and oxygen atoms in total. The third-order valence-corrected chi connectivity index (χ3v) is 4.43. The smallest absolute Gasteiger partial charge is 0.319 e. The van der Waals surface area contributed by atoms with Gasteiger partial charge in [-0.2, -0.15) is 0 Å². The zero-order chi connectivity index (χ0) is 16.4. The second-order valence-electron chi connectivity index (χ2n) is 6.76. The molecule has 0 spiro atoms. The van der Waals surface area contributed by atoms with E-state index in [1.165, 1.54) is 0 Å². The van der Waals surface area contributed by atoms with Crippen LogP contribution in [-0.4, -0.2) is 38.2 Å². The molecule has 0 unspecified atom stereocenters.